The molecule has 3 unspecified atom stereocenters. The van der Waals surface area contributed by atoms with Gasteiger partial charge in [0.15, 0.2) is 0 Å². The van der Waals surface area contributed by atoms with Gasteiger partial charge in [-0.3, -0.25) is 4.79 Å². The van der Waals surface area contributed by atoms with Gasteiger partial charge in [0.2, 0.25) is 5.91 Å². The van der Waals surface area contributed by atoms with Crippen LogP contribution < -0.4 is 5.32 Å². The number of carbonyl (C=O) groups is 1. The molecule has 0 bridgehead atoms. The summed E-state index contributed by atoms with van der Waals surface area (Å²) in [6.45, 7) is 9.38. The number of amides is 1. The molecule has 5 aliphatic rings. The van der Waals surface area contributed by atoms with Crippen LogP contribution in [0.15, 0.2) is 11.6 Å². The van der Waals surface area contributed by atoms with E-state index in [4.69, 9.17) is 9.47 Å². The first-order valence-electron chi connectivity index (χ1n) is 17.5. The summed E-state index contributed by atoms with van der Waals surface area (Å²) >= 11 is 1.44. The Labute approximate surface area is 269 Å². The van der Waals surface area contributed by atoms with Gasteiger partial charge in [-0.2, -0.15) is 0 Å². The molecule has 5 N–H and O–H groups in total. The van der Waals surface area contributed by atoms with Crippen LogP contribution in [0.1, 0.15) is 105 Å². The Morgan fingerprint density at radius 3 is 2.57 bits per heavy atom. The normalized spacial score (nSPS) is 44.2. The van der Waals surface area contributed by atoms with E-state index in [0.29, 0.717) is 22.9 Å². The molecule has 5 rings (SSSR count). The largest absolute Gasteiger partial charge is 0.394 e. The Hall–Kier alpha value is -0.680. The molecule has 0 spiro atoms. The molecule has 0 aromatic heterocycles. The van der Waals surface area contributed by atoms with Crippen molar-refractivity contribution in [1.29, 1.82) is 0 Å². The van der Waals surface area contributed by atoms with Crippen LogP contribution in [0.4, 0.5) is 0 Å². The summed E-state index contributed by atoms with van der Waals surface area (Å²) in [6, 6.07) is 0.257. The second kappa shape index (κ2) is 14.6. The summed E-state index contributed by atoms with van der Waals surface area (Å²) in [5.74, 6) is 3.78. The molecule has 4 aliphatic carbocycles. The molecule has 9 heteroatoms. The Balaban J connectivity index is 1.02. The highest BCUT2D eigenvalue weighted by Crippen LogP contribution is 2.66. The maximum Gasteiger partial charge on any atom is 0.217 e. The molecule has 1 heterocycles. The lowest BCUT2D eigenvalue weighted by atomic mass is 9.47. The quantitative estimate of drug-likeness (QED) is 0.156. The predicted molar refractivity (Wildman–Crippen MR) is 173 cm³/mol. The SMILES string of the molecule is CC(=O)N[C@@H](C)[C@H]1CCC2C3CC=C4C[C@@H](OCCCCCCS[C@@H]5O[C@H](CO)[C@@H](O)[C@H](O)[C@@H]5O)CC[C@]4(C)C3CC[C@@]21C. The minimum atomic E-state index is -1.30. The molecule has 0 aromatic carbocycles. The third-order valence-electron chi connectivity index (χ3n) is 12.7. The number of nitrogens with one attached hydrogen (secondary N) is 1. The van der Waals surface area contributed by atoms with Crippen LogP contribution in [0, 0.1) is 34.5 Å². The van der Waals surface area contributed by atoms with E-state index in [1.807, 2.05) is 0 Å². The lowest BCUT2D eigenvalue weighted by Crippen LogP contribution is -2.57. The van der Waals surface area contributed by atoms with Crippen molar-refractivity contribution < 1.29 is 34.7 Å². The van der Waals surface area contributed by atoms with E-state index >= 15 is 0 Å². The summed E-state index contributed by atoms with van der Waals surface area (Å²) in [7, 11) is 0. The molecule has 3 saturated carbocycles. The van der Waals surface area contributed by atoms with Crippen molar-refractivity contribution in [2.45, 2.75) is 147 Å². The maximum atomic E-state index is 11.8. The number of fused-ring (bicyclic) bond motifs is 5. The third-order valence-corrected chi connectivity index (χ3v) is 13.9. The molecule has 252 valence electrons. The zero-order valence-corrected chi connectivity index (χ0v) is 28.3. The molecular formula is C35H59NO7S. The summed E-state index contributed by atoms with van der Waals surface area (Å²) < 4.78 is 12.0. The Morgan fingerprint density at radius 2 is 1.82 bits per heavy atom. The highest BCUT2D eigenvalue weighted by atomic mass is 32.2. The van der Waals surface area contributed by atoms with Gasteiger partial charge in [-0.15, -0.1) is 11.8 Å². The molecule has 1 saturated heterocycles. The number of hydrogen-bond acceptors (Lipinski definition) is 8. The van der Waals surface area contributed by atoms with Crippen LogP contribution in [-0.2, 0) is 14.3 Å². The van der Waals surface area contributed by atoms with E-state index in [1.54, 1.807) is 12.5 Å². The number of allylic oxidation sites excluding steroid dienone is 1. The number of thioether (sulfide) groups is 1. The Morgan fingerprint density at radius 1 is 1.05 bits per heavy atom. The van der Waals surface area contributed by atoms with Gasteiger partial charge in [0.1, 0.15) is 29.9 Å². The lowest BCUT2D eigenvalue weighted by Gasteiger charge is -2.58. The van der Waals surface area contributed by atoms with Crippen molar-refractivity contribution in [1.82, 2.24) is 5.32 Å². The minimum absolute atomic E-state index is 0.0965. The van der Waals surface area contributed by atoms with Gasteiger partial charge < -0.3 is 35.2 Å². The van der Waals surface area contributed by atoms with Crippen molar-refractivity contribution in [3.05, 3.63) is 11.6 Å². The van der Waals surface area contributed by atoms with Gasteiger partial charge in [-0.25, -0.2) is 0 Å². The van der Waals surface area contributed by atoms with Gasteiger partial charge in [-0.05, 0) is 111 Å². The second-order valence-electron chi connectivity index (χ2n) is 15.2. The van der Waals surface area contributed by atoms with Gasteiger partial charge in [0, 0.05) is 19.6 Å². The molecule has 4 fully saturated rings. The van der Waals surface area contributed by atoms with Crippen molar-refractivity contribution in [2.24, 2.45) is 34.5 Å². The number of hydrogen-bond donors (Lipinski definition) is 5. The van der Waals surface area contributed by atoms with Crippen LogP contribution in [0.2, 0.25) is 0 Å². The zero-order chi connectivity index (χ0) is 31.6. The molecule has 8 nitrogen and oxygen atoms in total. The number of unbranched alkanes of at least 4 members (excludes halogenated alkanes) is 3. The van der Waals surface area contributed by atoms with Crippen molar-refractivity contribution >= 4 is 17.7 Å². The fourth-order valence-corrected chi connectivity index (χ4v) is 11.4. The number of aliphatic hydroxyl groups is 4. The average molecular weight is 638 g/mol. The minimum Gasteiger partial charge on any atom is -0.394 e. The topological polar surface area (TPSA) is 128 Å². The van der Waals surface area contributed by atoms with E-state index in [9.17, 15) is 25.2 Å². The first-order chi connectivity index (χ1) is 21.0. The highest BCUT2D eigenvalue weighted by Gasteiger charge is 2.59. The first-order valence-corrected chi connectivity index (χ1v) is 18.5. The smallest absolute Gasteiger partial charge is 0.217 e. The molecule has 0 aromatic rings. The zero-order valence-electron chi connectivity index (χ0n) is 27.5. The molecule has 1 aliphatic heterocycles. The van der Waals surface area contributed by atoms with Crippen LogP contribution >= 0.6 is 11.8 Å². The van der Waals surface area contributed by atoms with Crippen molar-refractivity contribution in [2.75, 3.05) is 19.0 Å². The molecule has 44 heavy (non-hydrogen) atoms. The molecule has 13 atom stereocenters. The highest BCUT2D eigenvalue weighted by molar-refractivity contribution is 7.99. The molecular weight excluding hydrogens is 578 g/mol. The standard InChI is InChI=1S/C35H59NO7S/c1-21(36-22(2)38)26-11-12-27-25-10-9-23-19-24(13-15-34(23,3)28(25)14-16-35(26,27)4)42-17-7-5-6-8-18-44-33-32(41)31(40)30(39)29(20-37)43-33/h9,21,24-33,37,39-41H,5-8,10-20H2,1-4H3,(H,36,38)/t21-,24-,25?,26+,27?,28?,29+,30+,31-,32-,33-,34-,35+/m0/s1. The van der Waals surface area contributed by atoms with Gasteiger partial charge in [-0.1, -0.05) is 38.3 Å². The number of carbonyl (C=O) groups excluding carboxylic acids is 1. The number of rotatable bonds is 12. The fourth-order valence-electron chi connectivity index (χ4n) is 10.3. The van der Waals surface area contributed by atoms with Crippen LogP contribution in [0.3, 0.4) is 0 Å². The van der Waals surface area contributed by atoms with Crippen LogP contribution in [-0.4, -0.2) is 87.3 Å². The Bertz CT molecular complexity index is 1010. The van der Waals surface area contributed by atoms with E-state index in [-0.39, 0.29) is 18.6 Å². The van der Waals surface area contributed by atoms with Crippen LogP contribution in [0.5, 0.6) is 0 Å². The van der Waals surface area contributed by atoms with Gasteiger partial charge in [0.05, 0.1) is 12.7 Å². The third kappa shape index (κ3) is 6.95. The van der Waals surface area contributed by atoms with E-state index in [1.165, 1.54) is 50.3 Å². The van der Waals surface area contributed by atoms with E-state index in [0.717, 1.165) is 68.6 Å². The summed E-state index contributed by atoms with van der Waals surface area (Å²) in [4.78, 5) is 11.8. The summed E-state index contributed by atoms with van der Waals surface area (Å²) in [5.41, 5.74) is 1.67. The Kier molecular flexibility index (Phi) is 11.5. The van der Waals surface area contributed by atoms with Gasteiger partial charge in [0.25, 0.3) is 0 Å². The maximum absolute atomic E-state index is 11.8. The second-order valence-corrected chi connectivity index (χ2v) is 16.4. The van der Waals surface area contributed by atoms with Gasteiger partial charge >= 0.3 is 0 Å². The van der Waals surface area contributed by atoms with E-state index < -0.39 is 29.9 Å². The summed E-state index contributed by atoms with van der Waals surface area (Å²) in [6.07, 6.45) is 12.3. The first kappa shape index (κ1) is 34.6. The summed E-state index contributed by atoms with van der Waals surface area (Å²) in [5, 5.41) is 42.7. The van der Waals surface area contributed by atoms with Crippen molar-refractivity contribution in [3.8, 4) is 0 Å². The fraction of sp³-hybridized carbons (Fsp3) is 0.914. The predicted octanol–water partition coefficient (Wildman–Crippen LogP) is 4.57. The number of ether oxygens (including phenoxy) is 2. The number of aliphatic hydroxyl groups excluding tert-OH is 4. The van der Waals surface area contributed by atoms with Crippen molar-refractivity contribution in [3.63, 3.8) is 0 Å². The lowest BCUT2D eigenvalue weighted by molar-refractivity contribution is -0.205. The monoisotopic (exact) mass is 637 g/mol. The average Bonchev–Trinajstić information content (AvgIpc) is 3.35. The van der Waals surface area contributed by atoms with Crippen LogP contribution in [0.25, 0.3) is 0 Å². The molecule has 1 amide bonds. The molecule has 0 radical (unpaired) electrons. The van der Waals surface area contributed by atoms with E-state index in [2.05, 4.69) is 32.2 Å².